The van der Waals surface area contributed by atoms with Gasteiger partial charge in [-0.2, -0.15) is 0 Å². The predicted octanol–water partition coefficient (Wildman–Crippen LogP) is 3.08. The van der Waals surface area contributed by atoms with Gasteiger partial charge in [-0.1, -0.05) is 12.1 Å². The first-order chi connectivity index (χ1) is 13.5. The lowest BCUT2D eigenvalue weighted by molar-refractivity contribution is 0.0945. The molecule has 0 radical (unpaired) electrons. The van der Waals surface area contributed by atoms with Crippen molar-refractivity contribution in [1.82, 2.24) is 15.3 Å². The largest absolute Gasteiger partial charge is 0.347 e. The summed E-state index contributed by atoms with van der Waals surface area (Å²) in [5, 5.41) is 4.72. The summed E-state index contributed by atoms with van der Waals surface area (Å²) in [5.41, 5.74) is -0.00356. The van der Waals surface area contributed by atoms with Crippen LogP contribution in [0.1, 0.15) is 26.5 Å². The summed E-state index contributed by atoms with van der Waals surface area (Å²) in [4.78, 5) is 32.3. The number of nitrogens with zero attached hydrogens (tertiary/aromatic N) is 2. The van der Waals surface area contributed by atoms with E-state index in [-0.39, 0.29) is 17.9 Å². The number of carbonyl (C=O) groups is 2. The number of carbonyl (C=O) groups excluding carboxylic acids is 2. The van der Waals surface area contributed by atoms with Crippen LogP contribution >= 0.6 is 0 Å². The standard InChI is InChI=1S/C19H13F3N4O2/c20-12-6-7-13(17(22)16(12)21)26-19(28)15-5-1-4-14(25-15)18(27)24-10-11-3-2-8-23-9-11/h1-9H,10H2,(H,24,27)(H,26,28). The van der Waals surface area contributed by atoms with Gasteiger partial charge in [-0.15, -0.1) is 0 Å². The van der Waals surface area contributed by atoms with Crippen molar-refractivity contribution in [3.05, 3.63) is 89.3 Å². The lowest BCUT2D eigenvalue weighted by atomic mass is 10.2. The van der Waals surface area contributed by atoms with Crippen LogP contribution in [0.5, 0.6) is 0 Å². The summed E-state index contributed by atoms with van der Waals surface area (Å²) in [6.07, 6.45) is 3.19. The van der Waals surface area contributed by atoms with Crippen molar-refractivity contribution in [3.8, 4) is 0 Å². The molecule has 0 bridgehead atoms. The molecular formula is C19H13F3N4O2. The molecule has 3 rings (SSSR count). The van der Waals surface area contributed by atoms with Crippen LogP contribution in [-0.2, 0) is 6.54 Å². The van der Waals surface area contributed by atoms with E-state index in [0.29, 0.717) is 6.07 Å². The molecule has 3 aromatic rings. The summed E-state index contributed by atoms with van der Waals surface area (Å²) in [5.74, 6) is -6.02. The van der Waals surface area contributed by atoms with Crippen molar-refractivity contribution in [2.45, 2.75) is 6.54 Å². The van der Waals surface area contributed by atoms with E-state index in [2.05, 4.69) is 20.6 Å². The number of rotatable bonds is 5. The summed E-state index contributed by atoms with van der Waals surface area (Å²) in [6.45, 7) is 0.213. The molecule has 2 heterocycles. The van der Waals surface area contributed by atoms with Crippen molar-refractivity contribution in [3.63, 3.8) is 0 Å². The maximum absolute atomic E-state index is 13.7. The Bertz CT molecular complexity index is 1030. The van der Waals surface area contributed by atoms with Crippen LogP contribution in [0.2, 0.25) is 0 Å². The van der Waals surface area contributed by atoms with E-state index in [9.17, 15) is 22.8 Å². The third-order valence-corrected chi connectivity index (χ3v) is 3.67. The van der Waals surface area contributed by atoms with Gasteiger partial charge in [0, 0.05) is 18.9 Å². The highest BCUT2D eigenvalue weighted by atomic mass is 19.2. The fraction of sp³-hybridized carbons (Fsp3) is 0.0526. The van der Waals surface area contributed by atoms with Crippen molar-refractivity contribution >= 4 is 17.5 Å². The lowest BCUT2D eigenvalue weighted by Crippen LogP contribution is -2.25. The number of hydrogen-bond donors (Lipinski definition) is 2. The third-order valence-electron chi connectivity index (χ3n) is 3.67. The Morgan fingerprint density at radius 3 is 2.36 bits per heavy atom. The minimum atomic E-state index is -1.70. The average Bonchev–Trinajstić information content (AvgIpc) is 2.73. The molecule has 0 spiro atoms. The molecule has 0 aliphatic carbocycles. The molecule has 0 saturated heterocycles. The Hall–Kier alpha value is -3.75. The Labute approximate surface area is 157 Å². The number of halogens is 3. The minimum Gasteiger partial charge on any atom is -0.347 e. The number of aromatic nitrogens is 2. The van der Waals surface area contributed by atoms with Gasteiger partial charge in [0.15, 0.2) is 17.5 Å². The Kier molecular flexibility index (Phi) is 5.64. The van der Waals surface area contributed by atoms with Crippen LogP contribution < -0.4 is 10.6 Å². The molecule has 0 unspecified atom stereocenters. The molecule has 28 heavy (non-hydrogen) atoms. The van der Waals surface area contributed by atoms with E-state index in [1.807, 2.05) is 0 Å². The normalized spacial score (nSPS) is 10.4. The van der Waals surface area contributed by atoms with E-state index >= 15 is 0 Å². The fourth-order valence-electron chi connectivity index (χ4n) is 2.27. The molecule has 9 heteroatoms. The number of hydrogen-bond acceptors (Lipinski definition) is 4. The Morgan fingerprint density at radius 1 is 0.893 bits per heavy atom. The molecule has 2 aromatic heterocycles. The maximum Gasteiger partial charge on any atom is 0.274 e. The van der Waals surface area contributed by atoms with E-state index < -0.39 is 35.0 Å². The van der Waals surface area contributed by atoms with Crippen LogP contribution in [0.25, 0.3) is 0 Å². The van der Waals surface area contributed by atoms with Gasteiger partial charge in [-0.25, -0.2) is 18.2 Å². The Morgan fingerprint density at radius 2 is 1.64 bits per heavy atom. The smallest absolute Gasteiger partial charge is 0.274 e. The number of pyridine rings is 2. The van der Waals surface area contributed by atoms with Crippen molar-refractivity contribution < 1.29 is 22.8 Å². The summed E-state index contributed by atoms with van der Waals surface area (Å²) in [7, 11) is 0. The van der Waals surface area contributed by atoms with Crippen LogP contribution in [-0.4, -0.2) is 21.8 Å². The van der Waals surface area contributed by atoms with Crippen LogP contribution in [0.4, 0.5) is 18.9 Å². The molecule has 2 N–H and O–H groups in total. The molecule has 0 saturated carbocycles. The van der Waals surface area contributed by atoms with E-state index in [1.165, 1.54) is 18.2 Å². The fourth-order valence-corrected chi connectivity index (χ4v) is 2.27. The van der Waals surface area contributed by atoms with Gasteiger partial charge in [0.05, 0.1) is 5.69 Å². The molecule has 6 nitrogen and oxygen atoms in total. The van der Waals surface area contributed by atoms with Gasteiger partial charge in [0.25, 0.3) is 11.8 Å². The SMILES string of the molecule is O=C(NCc1cccnc1)c1cccc(C(=O)Nc2ccc(F)c(F)c2F)n1. The predicted molar refractivity (Wildman–Crippen MR) is 93.9 cm³/mol. The van der Waals surface area contributed by atoms with Crippen molar-refractivity contribution in [2.75, 3.05) is 5.32 Å². The molecule has 0 aliphatic rings. The second-order valence-electron chi connectivity index (χ2n) is 5.63. The van der Waals surface area contributed by atoms with E-state index in [0.717, 1.165) is 11.6 Å². The van der Waals surface area contributed by atoms with Crippen LogP contribution in [0, 0.1) is 17.5 Å². The first kappa shape index (κ1) is 19.0. The molecule has 0 atom stereocenters. The quantitative estimate of drug-likeness (QED) is 0.660. The van der Waals surface area contributed by atoms with Gasteiger partial charge in [0.2, 0.25) is 0 Å². The highest BCUT2D eigenvalue weighted by Crippen LogP contribution is 2.20. The molecule has 0 fully saturated rings. The third kappa shape index (κ3) is 4.32. The maximum atomic E-state index is 13.7. The minimum absolute atomic E-state index is 0.0395. The molecule has 0 aliphatic heterocycles. The van der Waals surface area contributed by atoms with E-state index in [4.69, 9.17) is 0 Å². The van der Waals surface area contributed by atoms with Gasteiger partial charge < -0.3 is 10.6 Å². The van der Waals surface area contributed by atoms with Crippen molar-refractivity contribution in [2.24, 2.45) is 0 Å². The first-order valence-electron chi connectivity index (χ1n) is 8.04. The molecule has 1 aromatic carbocycles. The molecule has 142 valence electrons. The van der Waals surface area contributed by atoms with Crippen LogP contribution in [0.3, 0.4) is 0 Å². The van der Waals surface area contributed by atoms with E-state index in [1.54, 1.807) is 24.5 Å². The number of nitrogens with one attached hydrogen (secondary N) is 2. The molecule has 2 amide bonds. The zero-order chi connectivity index (χ0) is 20.1. The van der Waals surface area contributed by atoms with Gasteiger partial charge in [0.1, 0.15) is 11.4 Å². The topological polar surface area (TPSA) is 84.0 Å². The highest BCUT2D eigenvalue weighted by Gasteiger charge is 2.17. The number of amides is 2. The lowest BCUT2D eigenvalue weighted by Gasteiger charge is -2.08. The second kappa shape index (κ2) is 8.30. The number of benzene rings is 1. The number of anilines is 1. The summed E-state index contributed by atoms with van der Waals surface area (Å²) >= 11 is 0. The highest BCUT2D eigenvalue weighted by molar-refractivity contribution is 6.03. The Balaban J connectivity index is 1.71. The summed E-state index contributed by atoms with van der Waals surface area (Å²) < 4.78 is 39.9. The van der Waals surface area contributed by atoms with Gasteiger partial charge >= 0.3 is 0 Å². The molecular weight excluding hydrogens is 373 g/mol. The van der Waals surface area contributed by atoms with Gasteiger partial charge in [-0.05, 0) is 35.9 Å². The zero-order valence-electron chi connectivity index (χ0n) is 14.2. The summed E-state index contributed by atoms with van der Waals surface area (Å²) in [6, 6.07) is 9.18. The first-order valence-corrected chi connectivity index (χ1v) is 8.04. The van der Waals surface area contributed by atoms with Crippen LogP contribution in [0.15, 0.2) is 54.9 Å². The monoisotopic (exact) mass is 386 g/mol. The van der Waals surface area contributed by atoms with Gasteiger partial charge in [-0.3, -0.25) is 14.6 Å². The zero-order valence-corrected chi connectivity index (χ0v) is 14.2. The average molecular weight is 386 g/mol. The second-order valence-corrected chi connectivity index (χ2v) is 5.63. The van der Waals surface area contributed by atoms with Crippen molar-refractivity contribution in [1.29, 1.82) is 0 Å².